The van der Waals surface area contributed by atoms with Crippen LogP contribution >= 0.6 is 0 Å². The molecular formula is C30H53N2+. The van der Waals surface area contributed by atoms with Crippen LogP contribution in [-0.4, -0.2) is 13.1 Å². The lowest BCUT2D eigenvalue weighted by Gasteiger charge is -2.22. The Labute approximate surface area is 200 Å². The van der Waals surface area contributed by atoms with Crippen LogP contribution in [0.15, 0.2) is 48.5 Å². The van der Waals surface area contributed by atoms with E-state index in [2.05, 4.69) is 108 Å². The summed E-state index contributed by atoms with van der Waals surface area (Å²) in [4.78, 5) is 2.35. The van der Waals surface area contributed by atoms with Crippen LogP contribution in [0.25, 0.3) is 0 Å². The highest BCUT2D eigenvalue weighted by Gasteiger charge is 2.21. The lowest BCUT2D eigenvalue weighted by Crippen LogP contribution is -2.43. The Bertz CT molecular complexity index is 678. The molecule has 0 radical (unpaired) electrons. The van der Waals surface area contributed by atoms with Gasteiger partial charge in [0, 0.05) is 24.3 Å². The van der Waals surface area contributed by atoms with Crippen LogP contribution in [0.2, 0.25) is 0 Å². The van der Waals surface area contributed by atoms with Gasteiger partial charge in [0.2, 0.25) is 0 Å². The molecule has 0 aliphatic heterocycles. The van der Waals surface area contributed by atoms with Crippen molar-refractivity contribution in [2.45, 2.75) is 106 Å². The minimum absolute atomic E-state index is 0.262. The second-order valence-corrected chi connectivity index (χ2v) is 9.32. The highest BCUT2D eigenvalue weighted by atomic mass is 15.1. The van der Waals surface area contributed by atoms with Crippen molar-refractivity contribution >= 4 is 11.4 Å². The zero-order chi connectivity index (χ0) is 24.4. The number of hydrogen-bond donors (Lipinski definition) is 1. The van der Waals surface area contributed by atoms with Crippen LogP contribution in [0.1, 0.15) is 105 Å². The number of nitrogens with zero attached hydrogens (tertiary/aromatic N) is 1. The van der Waals surface area contributed by atoms with Gasteiger partial charge >= 0.3 is 0 Å². The van der Waals surface area contributed by atoms with Crippen molar-refractivity contribution in [1.29, 1.82) is 0 Å². The highest BCUT2D eigenvalue weighted by molar-refractivity contribution is 5.47. The highest BCUT2D eigenvalue weighted by Crippen LogP contribution is 2.29. The molecule has 0 amide bonds. The van der Waals surface area contributed by atoms with Gasteiger partial charge in [0.05, 0.1) is 0 Å². The first-order valence-corrected chi connectivity index (χ1v) is 13.0. The summed E-state index contributed by atoms with van der Waals surface area (Å²) in [6.07, 6.45) is 9.64. The van der Waals surface area contributed by atoms with Crippen molar-refractivity contribution in [2.75, 3.05) is 18.0 Å². The van der Waals surface area contributed by atoms with Crippen LogP contribution in [0.3, 0.4) is 0 Å². The van der Waals surface area contributed by atoms with E-state index < -0.39 is 0 Å². The van der Waals surface area contributed by atoms with Crippen molar-refractivity contribution in [2.24, 2.45) is 0 Å². The second kappa shape index (κ2) is 17.7. The summed E-state index contributed by atoms with van der Waals surface area (Å²) < 4.78 is 0. The molecule has 0 saturated heterocycles. The number of hydrogen-bond acceptors (Lipinski definition) is 1. The maximum atomic E-state index is 4.03. The molecule has 0 saturated carbocycles. The van der Waals surface area contributed by atoms with Gasteiger partial charge in [0.15, 0.2) is 0 Å². The van der Waals surface area contributed by atoms with E-state index in [1.54, 1.807) is 0 Å². The number of anilines is 1. The van der Waals surface area contributed by atoms with Gasteiger partial charge in [-0.3, -0.25) is 0 Å². The fraction of sp³-hybridized carbons (Fsp3) is 0.600. The third-order valence-electron chi connectivity index (χ3n) is 6.25. The van der Waals surface area contributed by atoms with Gasteiger partial charge in [-0.1, -0.05) is 109 Å². The van der Waals surface area contributed by atoms with Gasteiger partial charge in [0.1, 0.15) is 5.69 Å². The van der Waals surface area contributed by atoms with Crippen LogP contribution < -0.4 is 10.6 Å². The van der Waals surface area contributed by atoms with E-state index in [4.69, 9.17) is 0 Å². The molecule has 0 atom stereocenters. The summed E-state index contributed by atoms with van der Waals surface area (Å²) in [6.45, 7) is 19.9. The minimum atomic E-state index is 0.262. The molecule has 2 aromatic rings. The van der Waals surface area contributed by atoms with Crippen LogP contribution in [0, 0.1) is 6.92 Å². The molecule has 3 N–H and O–H groups in total. The first-order chi connectivity index (χ1) is 15.3. The fourth-order valence-corrected chi connectivity index (χ4v) is 3.57. The fourth-order valence-electron chi connectivity index (χ4n) is 3.57. The van der Waals surface area contributed by atoms with Crippen molar-refractivity contribution in [3.8, 4) is 0 Å². The van der Waals surface area contributed by atoms with Crippen molar-refractivity contribution in [3.63, 3.8) is 0 Å². The summed E-state index contributed by atoms with van der Waals surface area (Å²) in [5, 5.41) is 0. The second-order valence-electron chi connectivity index (χ2n) is 9.32. The lowest BCUT2D eigenvalue weighted by atomic mass is 9.81. The van der Waals surface area contributed by atoms with Crippen molar-refractivity contribution < 1.29 is 5.73 Å². The van der Waals surface area contributed by atoms with Crippen molar-refractivity contribution in [1.82, 2.24) is 0 Å². The van der Waals surface area contributed by atoms with Gasteiger partial charge in [-0.05, 0) is 50.8 Å². The summed E-state index contributed by atoms with van der Waals surface area (Å²) in [7, 11) is 0. The van der Waals surface area contributed by atoms with E-state index in [9.17, 15) is 0 Å². The molecule has 2 nitrogen and oxygen atoms in total. The molecule has 0 aliphatic carbocycles. The van der Waals surface area contributed by atoms with E-state index in [0.717, 1.165) is 25.2 Å². The monoisotopic (exact) mass is 441 g/mol. The normalized spacial score (nSPS) is 10.5. The zero-order valence-corrected chi connectivity index (χ0v) is 22.6. The van der Waals surface area contributed by atoms with Crippen LogP contribution in [0.4, 0.5) is 11.4 Å². The number of benzene rings is 2. The van der Waals surface area contributed by atoms with E-state index >= 15 is 0 Å². The molecule has 0 fully saturated rings. The number of rotatable bonds is 10. The number of quaternary nitrogens is 1. The Kier molecular flexibility index (Phi) is 16.7. The SMILES string of the molecule is CCC(C)(C)c1ccccc1[NH3+].CCCCCCCC.CCN(CC)c1ccc(C)cc1. The zero-order valence-electron chi connectivity index (χ0n) is 22.6. The smallest absolute Gasteiger partial charge is 0.131 e. The molecule has 0 unspecified atom stereocenters. The standard InChI is InChI=1S/2C11H17N.C8H18/c1-4-11(2,3)9-7-5-6-8-10(9)12;1-4-12(5-2)11-8-6-10(3)7-9-11;1-3-5-7-8-6-4-2/h5-8H,4,12H2,1-3H3;6-9H,4-5H2,1-3H3;3-8H2,1-2H3/p+1. The molecule has 0 spiro atoms. The topological polar surface area (TPSA) is 30.9 Å². The first-order valence-electron chi connectivity index (χ1n) is 13.0. The summed E-state index contributed by atoms with van der Waals surface area (Å²) in [6, 6.07) is 17.1. The maximum absolute atomic E-state index is 4.03. The lowest BCUT2D eigenvalue weighted by molar-refractivity contribution is -0.256. The van der Waals surface area contributed by atoms with Gasteiger partial charge in [0.25, 0.3) is 0 Å². The quantitative estimate of drug-likeness (QED) is 0.368. The summed E-state index contributed by atoms with van der Waals surface area (Å²) in [5.74, 6) is 0. The third kappa shape index (κ3) is 12.3. The summed E-state index contributed by atoms with van der Waals surface area (Å²) >= 11 is 0. The number of aryl methyl sites for hydroxylation is 1. The van der Waals surface area contributed by atoms with Gasteiger partial charge in [-0.15, -0.1) is 0 Å². The predicted octanol–water partition coefficient (Wildman–Crippen LogP) is 8.46. The Morgan fingerprint density at radius 3 is 1.62 bits per heavy atom. The van der Waals surface area contributed by atoms with Crippen LogP contribution in [-0.2, 0) is 5.41 Å². The van der Waals surface area contributed by atoms with Gasteiger partial charge < -0.3 is 10.6 Å². The number of unbranched alkanes of at least 4 members (excludes halogenated alkanes) is 5. The largest absolute Gasteiger partial charge is 0.372 e. The molecular weight excluding hydrogens is 388 g/mol. The molecule has 0 bridgehead atoms. The first kappa shape index (κ1) is 30.2. The van der Waals surface area contributed by atoms with Crippen molar-refractivity contribution in [3.05, 3.63) is 59.7 Å². The molecule has 0 heterocycles. The molecule has 32 heavy (non-hydrogen) atoms. The Morgan fingerprint density at radius 2 is 1.22 bits per heavy atom. The van der Waals surface area contributed by atoms with Crippen LogP contribution in [0.5, 0.6) is 0 Å². The Balaban J connectivity index is 0.000000462. The molecule has 0 aromatic heterocycles. The van der Waals surface area contributed by atoms with E-state index in [1.807, 2.05) is 6.07 Å². The Morgan fingerprint density at radius 1 is 0.719 bits per heavy atom. The summed E-state index contributed by atoms with van der Waals surface area (Å²) in [5.41, 5.74) is 9.47. The molecule has 2 heteroatoms. The molecule has 182 valence electrons. The third-order valence-corrected chi connectivity index (χ3v) is 6.25. The predicted molar refractivity (Wildman–Crippen MR) is 146 cm³/mol. The minimum Gasteiger partial charge on any atom is -0.372 e. The average molecular weight is 442 g/mol. The molecule has 0 aliphatic rings. The maximum Gasteiger partial charge on any atom is 0.131 e. The molecule has 2 aromatic carbocycles. The van der Waals surface area contributed by atoms with E-state index in [1.165, 1.54) is 55.3 Å². The van der Waals surface area contributed by atoms with E-state index in [-0.39, 0.29) is 5.41 Å². The molecule has 2 rings (SSSR count). The van der Waals surface area contributed by atoms with E-state index in [0.29, 0.717) is 0 Å². The Hall–Kier alpha value is -1.80. The van der Waals surface area contributed by atoms with Gasteiger partial charge in [-0.2, -0.15) is 0 Å². The average Bonchev–Trinajstić information content (AvgIpc) is 2.80. The van der Waals surface area contributed by atoms with Gasteiger partial charge in [-0.25, -0.2) is 0 Å².